The Morgan fingerprint density at radius 1 is 1.27 bits per heavy atom. The second-order valence-electron chi connectivity index (χ2n) is 5.87. The maximum atomic E-state index is 12.7. The van der Waals surface area contributed by atoms with Gasteiger partial charge in [-0.3, -0.25) is 4.79 Å². The maximum Gasteiger partial charge on any atom is 0.243 e. The second-order valence-corrected chi connectivity index (χ2v) is 7.77. The van der Waals surface area contributed by atoms with Gasteiger partial charge in [-0.15, -0.1) is 0 Å². The first kappa shape index (κ1) is 17.0. The lowest BCUT2D eigenvalue weighted by molar-refractivity contribution is -0.121. The fourth-order valence-electron chi connectivity index (χ4n) is 2.80. The number of nitrogens with zero attached hydrogens (tertiary/aromatic N) is 1. The second kappa shape index (κ2) is 6.79. The van der Waals surface area contributed by atoms with Crippen molar-refractivity contribution >= 4 is 15.9 Å². The Morgan fingerprint density at radius 3 is 2.45 bits per heavy atom. The van der Waals surface area contributed by atoms with Gasteiger partial charge in [0.15, 0.2) is 0 Å². The molecule has 1 heterocycles. The van der Waals surface area contributed by atoms with Gasteiger partial charge >= 0.3 is 0 Å². The number of piperidine rings is 1. The van der Waals surface area contributed by atoms with Crippen LogP contribution in [-0.4, -0.2) is 37.8 Å². The number of carbonyl (C=O) groups is 1. The number of carbonyl (C=O) groups excluding carboxylic acids is 1. The van der Waals surface area contributed by atoms with Gasteiger partial charge in [-0.1, -0.05) is 24.6 Å². The molecule has 0 spiro atoms. The minimum atomic E-state index is -3.45. The van der Waals surface area contributed by atoms with Crippen molar-refractivity contribution in [2.24, 2.45) is 0 Å². The highest BCUT2D eigenvalue weighted by Crippen LogP contribution is 2.24. The van der Waals surface area contributed by atoms with E-state index in [1.54, 1.807) is 6.07 Å². The smallest absolute Gasteiger partial charge is 0.243 e. The van der Waals surface area contributed by atoms with E-state index < -0.39 is 10.0 Å². The Morgan fingerprint density at radius 2 is 1.91 bits per heavy atom. The van der Waals surface area contributed by atoms with Crippen molar-refractivity contribution in [1.29, 1.82) is 0 Å². The zero-order valence-electron chi connectivity index (χ0n) is 13.4. The third-order valence-corrected chi connectivity index (χ3v) is 6.15. The largest absolute Gasteiger partial charge is 0.353 e. The molecule has 0 aromatic heterocycles. The summed E-state index contributed by atoms with van der Waals surface area (Å²) >= 11 is 0. The quantitative estimate of drug-likeness (QED) is 0.921. The van der Waals surface area contributed by atoms with Crippen LogP contribution in [-0.2, 0) is 14.8 Å². The van der Waals surface area contributed by atoms with E-state index in [0.717, 1.165) is 11.1 Å². The van der Waals surface area contributed by atoms with E-state index in [4.69, 9.17) is 0 Å². The van der Waals surface area contributed by atoms with E-state index in [9.17, 15) is 13.2 Å². The van der Waals surface area contributed by atoms with Crippen LogP contribution in [0.2, 0.25) is 0 Å². The highest BCUT2D eigenvalue weighted by Gasteiger charge is 2.30. The first-order valence-corrected chi connectivity index (χ1v) is 9.15. The molecule has 0 saturated carbocycles. The number of hydrogen-bond donors (Lipinski definition) is 1. The molecular formula is C16H24N2O3S. The first-order valence-electron chi connectivity index (χ1n) is 7.71. The van der Waals surface area contributed by atoms with E-state index in [1.165, 1.54) is 4.31 Å². The van der Waals surface area contributed by atoms with Gasteiger partial charge in [-0.2, -0.15) is 4.31 Å². The van der Waals surface area contributed by atoms with Crippen LogP contribution in [0.5, 0.6) is 0 Å². The van der Waals surface area contributed by atoms with Crippen molar-refractivity contribution < 1.29 is 13.2 Å². The normalized spacial score (nSPS) is 17.4. The molecule has 0 aliphatic carbocycles. The van der Waals surface area contributed by atoms with E-state index >= 15 is 0 Å². The summed E-state index contributed by atoms with van der Waals surface area (Å²) in [7, 11) is -3.45. The van der Waals surface area contributed by atoms with Gasteiger partial charge in [-0.05, 0) is 38.3 Å². The van der Waals surface area contributed by atoms with Gasteiger partial charge in [0.25, 0.3) is 0 Å². The minimum absolute atomic E-state index is 0.0238. The molecule has 0 unspecified atom stereocenters. The van der Waals surface area contributed by atoms with Crippen molar-refractivity contribution in [2.75, 3.05) is 13.1 Å². The Balaban J connectivity index is 2.08. The first-order chi connectivity index (χ1) is 10.3. The monoisotopic (exact) mass is 324 g/mol. The van der Waals surface area contributed by atoms with Crippen LogP contribution < -0.4 is 5.32 Å². The van der Waals surface area contributed by atoms with Gasteiger partial charge in [0.1, 0.15) is 0 Å². The molecule has 0 bridgehead atoms. The number of benzene rings is 1. The zero-order valence-corrected chi connectivity index (χ0v) is 14.2. The number of rotatable bonds is 4. The highest BCUT2D eigenvalue weighted by atomic mass is 32.2. The van der Waals surface area contributed by atoms with Gasteiger partial charge in [0.05, 0.1) is 4.90 Å². The summed E-state index contributed by atoms with van der Waals surface area (Å²) in [6.07, 6.45) is 1.78. The number of aryl methyl sites for hydroxylation is 2. The van der Waals surface area contributed by atoms with Crippen LogP contribution in [0.4, 0.5) is 0 Å². The molecule has 1 aromatic carbocycles. The zero-order chi connectivity index (χ0) is 16.3. The van der Waals surface area contributed by atoms with Crippen LogP contribution in [0.15, 0.2) is 23.1 Å². The molecule has 1 amide bonds. The van der Waals surface area contributed by atoms with Crippen molar-refractivity contribution in [1.82, 2.24) is 9.62 Å². The average Bonchev–Trinajstić information content (AvgIpc) is 2.47. The summed E-state index contributed by atoms with van der Waals surface area (Å²) in [5.74, 6) is 0.0238. The number of amides is 1. The third kappa shape index (κ3) is 3.67. The van der Waals surface area contributed by atoms with Crippen LogP contribution in [0.25, 0.3) is 0 Å². The minimum Gasteiger partial charge on any atom is -0.353 e. The summed E-state index contributed by atoms with van der Waals surface area (Å²) in [5, 5.41) is 2.94. The molecule has 22 heavy (non-hydrogen) atoms. The lowest BCUT2D eigenvalue weighted by atomic mass is 10.1. The van der Waals surface area contributed by atoms with Crippen LogP contribution in [0.3, 0.4) is 0 Å². The molecular weight excluding hydrogens is 300 g/mol. The summed E-state index contributed by atoms with van der Waals surface area (Å²) in [6, 6.07) is 5.48. The van der Waals surface area contributed by atoms with Crippen LogP contribution in [0.1, 0.15) is 37.3 Å². The third-order valence-electron chi connectivity index (χ3n) is 4.09. The van der Waals surface area contributed by atoms with E-state index in [1.807, 2.05) is 32.9 Å². The lowest BCUT2D eigenvalue weighted by Gasteiger charge is -2.32. The molecule has 6 heteroatoms. The molecule has 1 aliphatic rings. The molecule has 1 N–H and O–H groups in total. The molecule has 1 aliphatic heterocycles. The summed E-state index contributed by atoms with van der Waals surface area (Å²) < 4.78 is 27.0. The van der Waals surface area contributed by atoms with Crippen molar-refractivity contribution in [3.63, 3.8) is 0 Å². The standard InChI is InChI=1S/C16H24N2O3S/c1-4-16(19)17-14-7-9-18(10-8-14)22(20,21)15-6-5-12(2)11-13(15)3/h5-6,11,14H,4,7-10H2,1-3H3,(H,17,19). The van der Waals surface area contributed by atoms with Crippen molar-refractivity contribution in [3.8, 4) is 0 Å². The summed E-state index contributed by atoms with van der Waals surface area (Å²) in [6.45, 7) is 6.49. The molecule has 5 nitrogen and oxygen atoms in total. The van der Waals surface area contributed by atoms with E-state index in [2.05, 4.69) is 5.32 Å². The van der Waals surface area contributed by atoms with Crippen molar-refractivity contribution in [2.45, 2.75) is 51.0 Å². The molecule has 122 valence electrons. The highest BCUT2D eigenvalue weighted by molar-refractivity contribution is 7.89. The van der Waals surface area contributed by atoms with Gasteiger partial charge < -0.3 is 5.32 Å². The number of sulfonamides is 1. The molecule has 1 fully saturated rings. The van der Waals surface area contributed by atoms with Gasteiger partial charge in [0.2, 0.25) is 15.9 Å². The Hall–Kier alpha value is -1.40. The molecule has 0 radical (unpaired) electrons. The summed E-state index contributed by atoms with van der Waals surface area (Å²) in [5.41, 5.74) is 1.83. The maximum absolute atomic E-state index is 12.7. The lowest BCUT2D eigenvalue weighted by Crippen LogP contribution is -2.46. The van der Waals surface area contributed by atoms with E-state index in [-0.39, 0.29) is 11.9 Å². The Labute approximate surface area is 132 Å². The SMILES string of the molecule is CCC(=O)NC1CCN(S(=O)(=O)c2ccc(C)cc2C)CC1. The molecule has 1 saturated heterocycles. The van der Waals surface area contributed by atoms with Gasteiger partial charge in [-0.25, -0.2) is 8.42 Å². The Kier molecular flexibility index (Phi) is 5.24. The average molecular weight is 324 g/mol. The molecule has 0 atom stereocenters. The fraction of sp³-hybridized carbons (Fsp3) is 0.562. The molecule has 2 rings (SSSR count). The van der Waals surface area contributed by atoms with Crippen LogP contribution in [0, 0.1) is 13.8 Å². The predicted molar refractivity (Wildman–Crippen MR) is 86.1 cm³/mol. The van der Waals surface area contributed by atoms with Crippen molar-refractivity contribution in [3.05, 3.63) is 29.3 Å². The Bertz CT molecular complexity index is 647. The van der Waals surface area contributed by atoms with Crippen LogP contribution >= 0.6 is 0 Å². The fourth-order valence-corrected chi connectivity index (χ4v) is 4.47. The predicted octanol–water partition coefficient (Wildman–Crippen LogP) is 1.98. The summed E-state index contributed by atoms with van der Waals surface area (Å²) in [4.78, 5) is 11.8. The van der Waals surface area contributed by atoms with Gasteiger partial charge in [0, 0.05) is 25.6 Å². The topological polar surface area (TPSA) is 66.5 Å². The van der Waals surface area contributed by atoms with E-state index in [0.29, 0.717) is 37.2 Å². The molecule has 1 aromatic rings. The number of hydrogen-bond acceptors (Lipinski definition) is 3. The number of nitrogens with one attached hydrogen (secondary N) is 1.